The number of ether oxygens (including phenoxy) is 1. The van der Waals surface area contributed by atoms with Crippen LogP contribution in [0, 0.1) is 6.92 Å². The highest BCUT2D eigenvalue weighted by atomic mass is 16.5. The molecule has 2 aromatic rings. The van der Waals surface area contributed by atoms with Crippen LogP contribution in [0.4, 0.5) is 0 Å². The fourth-order valence-electron chi connectivity index (χ4n) is 1.28. The van der Waals surface area contributed by atoms with E-state index in [0.717, 1.165) is 17.0 Å². The summed E-state index contributed by atoms with van der Waals surface area (Å²) in [5.41, 5.74) is 2.00. The summed E-state index contributed by atoms with van der Waals surface area (Å²) in [6, 6.07) is 5.85. The van der Waals surface area contributed by atoms with Gasteiger partial charge < -0.3 is 4.74 Å². The molecule has 4 nitrogen and oxygen atoms in total. The molecule has 0 aliphatic carbocycles. The maximum atomic E-state index is 5.21. The monoisotopic (exact) mass is 189 g/mol. The molecule has 0 aliphatic rings. The van der Waals surface area contributed by atoms with Gasteiger partial charge in [-0.3, -0.25) is 0 Å². The number of methoxy groups -OCH3 is 1. The molecule has 0 aliphatic heterocycles. The Morgan fingerprint density at radius 2 is 1.93 bits per heavy atom. The fourth-order valence-corrected chi connectivity index (χ4v) is 1.28. The molecule has 0 fully saturated rings. The summed E-state index contributed by atoms with van der Waals surface area (Å²) in [5.74, 6) is 0.847. The third kappa shape index (κ3) is 1.46. The van der Waals surface area contributed by atoms with E-state index in [2.05, 4.69) is 10.2 Å². The van der Waals surface area contributed by atoms with Crippen LogP contribution in [0.1, 0.15) is 5.56 Å². The number of aryl methyl sites for hydroxylation is 1. The number of hydrogen-bond donors (Lipinski definition) is 0. The summed E-state index contributed by atoms with van der Waals surface area (Å²) in [7, 11) is 1.66. The zero-order valence-corrected chi connectivity index (χ0v) is 8.14. The van der Waals surface area contributed by atoms with Crippen LogP contribution in [0.15, 0.2) is 30.6 Å². The van der Waals surface area contributed by atoms with Gasteiger partial charge >= 0.3 is 0 Å². The largest absolute Gasteiger partial charge is 0.496 e. The van der Waals surface area contributed by atoms with Crippen molar-refractivity contribution in [2.24, 2.45) is 0 Å². The Morgan fingerprint density at radius 3 is 2.57 bits per heavy atom. The molecular weight excluding hydrogens is 178 g/mol. The molecule has 0 amide bonds. The Labute approximate surface area is 82.1 Å². The van der Waals surface area contributed by atoms with Gasteiger partial charge in [0, 0.05) is 6.07 Å². The van der Waals surface area contributed by atoms with Crippen molar-refractivity contribution in [3.63, 3.8) is 0 Å². The van der Waals surface area contributed by atoms with Crippen molar-refractivity contribution in [3.8, 4) is 11.4 Å². The number of hydrogen-bond acceptors (Lipinski definition) is 3. The molecule has 4 heteroatoms. The SMILES string of the molecule is COc1cc(-n2nccn2)ccc1C. The Bertz CT molecular complexity index is 423. The summed E-state index contributed by atoms with van der Waals surface area (Å²) in [6.45, 7) is 2.00. The minimum absolute atomic E-state index is 0.847. The lowest BCUT2D eigenvalue weighted by Crippen LogP contribution is -1.99. The average Bonchev–Trinajstić information content (AvgIpc) is 2.71. The molecule has 1 aromatic carbocycles. The van der Waals surface area contributed by atoms with Crippen molar-refractivity contribution < 1.29 is 4.74 Å². The maximum Gasteiger partial charge on any atom is 0.123 e. The van der Waals surface area contributed by atoms with Gasteiger partial charge in [-0.2, -0.15) is 15.0 Å². The van der Waals surface area contributed by atoms with E-state index < -0.39 is 0 Å². The second-order valence-corrected chi connectivity index (χ2v) is 2.97. The van der Waals surface area contributed by atoms with Crippen molar-refractivity contribution in [2.75, 3.05) is 7.11 Å². The summed E-state index contributed by atoms with van der Waals surface area (Å²) in [4.78, 5) is 1.56. The van der Waals surface area contributed by atoms with Crippen molar-refractivity contribution >= 4 is 0 Å². The predicted octanol–water partition coefficient (Wildman–Crippen LogP) is 1.58. The van der Waals surface area contributed by atoms with E-state index in [1.807, 2.05) is 25.1 Å². The van der Waals surface area contributed by atoms with Crippen LogP contribution in [-0.4, -0.2) is 22.1 Å². The molecule has 0 unspecified atom stereocenters. The Balaban J connectivity index is 2.46. The molecule has 0 N–H and O–H groups in total. The fraction of sp³-hybridized carbons (Fsp3) is 0.200. The number of nitrogens with zero attached hydrogens (tertiary/aromatic N) is 3. The Kier molecular flexibility index (Phi) is 2.18. The first kappa shape index (κ1) is 8.74. The van der Waals surface area contributed by atoms with Gasteiger partial charge in [0.1, 0.15) is 5.75 Å². The molecular formula is C10H11N3O. The number of aromatic nitrogens is 3. The van der Waals surface area contributed by atoms with Gasteiger partial charge in [0.15, 0.2) is 0 Å². The van der Waals surface area contributed by atoms with Crippen LogP contribution in [0.5, 0.6) is 5.75 Å². The summed E-state index contributed by atoms with van der Waals surface area (Å²) in [5, 5.41) is 8.08. The van der Waals surface area contributed by atoms with Crippen molar-refractivity contribution in [1.82, 2.24) is 15.0 Å². The van der Waals surface area contributed by atoms with Crippen LogP contribution in [0.3, 0.4) is 0 Å². The van der Waals surface area contributed by atoms with Gasteiger partial charge in [-0.05, 0) is 18.6 Å². The molecule has 0 atom stereocenters. The van der Waals surface area contributed by atoms with Gasteiger partial charge in [-0.25, -0.2) is 0 Å². The lowest BCUT2D eigenvalue weighted by Gasteiger charge is -2.06. The summed E-state index contributed by atoms with van der Waals surface area (Å²) < 4.78 is 5.21. The minimum atomic E-state index is 0.847. The van der Waals surface area contributed by atoms with E-state index >= 15 is 0 Å². The average molecular weight is 189 g/mol. The first-order valence-corrected chi connectivity index (χ1v) is 4.32. The molecule has 1 aromatic heterocycles. The van der Waals surface area contributed by atoms with Crippen molar-refractivity contribution in [3.05, 3.63) is 36.2 Å². The zero-order valence-electron chi connectivity index (χ0n) is 8.14. The lowest BCUT2D eigenvalue weighted by atomic mass is 10.2. The zero-order chi connectivity index (χ0) is 9.97. The highest BCUT2D eigenvalue weighted by Gasteiger charge is 2.02. The molecule has 0 spiro atoms. The first-order chi connectivity index (χ1) is 6.81. The first-order valence-electron chi connectivity index (χ1n) is 4.32. The number of benzene rings is 1. The molecule has 72 valence electrons. The molecule has 2 rings (SSSR count). The molecule has 14 heavy (non-hydrogen) atoms. The second kappa shape index (κ2) is 3.49. The van der Waals surface area contributed by atoms with Gasteiger partial charge in [0.05, 0.1) is 25.2 Å². The van der Waals surface area contributed by atoms with E-state index in [0.29, 0.717) is 0 Å². The predicted molar refractivity (Wildman–Crippen MR) is 52.6 cm³/mol. The Morgan fingerprint density at radius 1 is 1.21 bits per heavy atom. The van der Waals surface area contributed by atoms with E-state index in [1.165, 1.54) is 0 Å². The topological polar surface area (TPSA) is 39.9 Å². The third-order valence-electron chi connectivity index (χ3n) is 2.04. The quantitative estimate of drug-likeness (QED) is 0.720. The highest BCUT2D eigenvalue weighted by molar-refractivity contribution is 5.43. The normalized spacial score (nSPS) is 10.1. The van der Waals surface area contributed by atoms with Gasteiger partial charge in [0.2, 0.25) is 0 Å². The van der Waals surface area contributed by atoms with Crippen molar-refractivity contribution in [2.45, 2.75) is 6.92 Å². The van der Waals surface area contributed by atoms with E-state index in [4.69, 9.17) is 4.74 Å². The maximum absolute atomic E-state index is 5.21. The van der Waals surface area contributed by atoms with Gasteiger partial charge in [-0.1, -0.05) is 6.07 Å². The van der Waals surface area contributed by atoms with Crippen LogP contribution in [0.2, 0.25) is 0 Å². The molecule has 0 saturated carbocycles. The van der Waals surface area contributed by atoms with E-state index in [1.54, 1.807) is 24.3 Å². The van der Waals surface area contributed by atoms with E-state index in [-0.39, 0.29) is 0 Å². The molecule has 0 saturated heterocycles. The van der Waals surface area contributed by atoms with Crippen LogP contribution in [0.25, 0.3) is 5.69 Å². The second-order valence-electron chi connectivity index (χ2n) is 2.97. The highest BCUT2D eigenvalue weighted by Crippen LogP contribution is 2.20. The third-order valence-corrected chi connectivity index (χ3v) is 2.04. The van der Waals surface area contributed by atoms with Crippen molar-refractivity contribution in [1.29, 1.82) is 0 Å². The molecule has 0 radical (unpaired) electrons. The lowest BCUT2D eigenvalue weighted by molar-refractivity contribution is 0.411. The number of rotatable bonds is 2. The smallest absolute Gasteiger partial charge is 0.123 e. The molecule has 1 heterocycles. The van der Waals surface area contributed by atoms with Gasteiger partial charge in [-0.15, -0.1) is 0 Å². The molecule has 0 bridgehead atoms. The van der Waals surface area contributed by atoms with Crippen LogP contribution >= 0.6 is 0 Å². The van der Waals surface area contributed by atoms with Crippen LogP contribution < -0.4 is 4.74 Å². The van der Waals surface area contributed by atoms with E-state index in [9.17, 15) is 0 Å². The standard InChI is InChI=1S/C10H11N3O/c1-8-3-4-9(7-10(8)14-2)13-11-5-6-12-13/h3-7H,1-2H3. The summed E-state index contributed by atoms with van der Waals surface area (Å²) in [6.07, 6.45) is 3.29. The van der Waals surface area contributed by atoms with Gasteiger partial charge in [0.25, 0.3) is 0 Å². The summed E-state index contributed by atoms with van der Waals surface area (Å²) >= 11 is 0. The van der Waals surface area contributed by atoms with Crippen LogP contribution in [-0.2, 0) is 0 Å². The Hall–Kier alpha value is -1.84. The minimum Gasteiger partial charge on any atom is -0.496 e.